The Bertz CT molecular complexity index is 481. The van der Waals surface area contributed by atoms with E-state index in [4.69, 9.17) is 9.47 Å². The summed E-state index contributed by atoms with van der Waals surface area (Å²) in [5.41, 5.74) is 0.664. The molecule has 1 fully saturated rings. The molecule has 1 aromatic rings. The predicted octanol–water partition coefficient (Wildman–Crippen LogP) is 2.65. The average molecular weight is 277 g/mol. The number of methoxy groups -OCH3 is 2. The second-order valence-electron chi connectivity index (χ2n) is 5.26. The molecule has 0 aromatic heterocycles. The summed E-state index contributed by atoms with van der Waals surface area (Å²) in [5, 5.41) is 3.04. The van der Waals surface area contributed by atoms with E-state index < -0.39 is 0 Å². The Balaban J connectivity index is 2.15. The van der Waals surface area contributed by atoms with Crippen molar-refractivity contribution < 1.29 is 14.3 Å². The van der Waals surface area contributed by atoms with Crippen LogP contribution in [0.3, 0.4) is 0 Å². The Morgan fingerprint density at radius 3 is 2.50 bits per heavy atom. The smallest absolute Gasteiger partial charge is 0.230 e. The highest BCUT2D eigenvalue weighted by atomic mass is 16.5. The van der Waals surface area contributed by atoms with Crippen LogP contribution >= 0.6 is 0 Å². The quantitative estimate of drug-likeness (QED) is 0.779. The van der Waals surface area contributed by atoms with Gasteiger partial charge in [-0.25, -0.2) is 0 Å². The molecule has 4 heteroatoms. The Morgan fingerprint density at radius 2 is 1.95 bits per heavy atom. The highest BCUT2D eigenvalue weighted by Crippen LogP contribution is 2.50. The molecule has 20 heavy (non-hydrogen) atoms. The lowest BCUT2D eigenvalue weighted by atomic mass is 9.94. The minimum atomic E-state index is -0.354. The molecule has 4 nitrogen and oxygen atoms in total. The monoisotopic (exact) mass is 277 g/mol. The second-order valence-corrected chi connectivity index (χ2v) is 5.26. The van der Waals surface area contributed by atoms with Crippen LogP contribution < -0.4 is 14.8 Å². The van der Waals surface area contributed by atoms with E-state index in [9.17, 15) is 4.79 Å². The first-order chi connectivity index (χ1) is 9.67. The molecule has 0 unspecified atom stereocenters. The molecule has 1 saturated carbocycles. The fraction of sp³-hybridized carbons (Fsp3) is 0.562. The highest BCUT2D eigenvalue weighted by molar-refractivity contribution is 5.91. The molecule has 1 N–H and O–H groups in total. The van der Waals surface area contributed by atoms with Crippen LogP contribution in [0.2, 0.25) is 0 Å². The zero-order valence-electron chi connectivity index (χ0n) is 12.5. The van der Waals surface area contributed by atoms with Crippen LogP contribution in [-0.4, -0.2) is 26.7 Å². The van der Waals surface area contributed by atoms with Gasteiger partial charge in [-0.05, 0) is 37.0 Å². The van der Waals surface area contributed by atoms with E-state index >= 15 is 0 Å². The van der Waals surface area contributed by atoms with Crippen LogP contribution in [0.4, 0.5) is 0 Å². The number of nitrogens with one attached hydrogen (secondary N) is 1. The minimum absolute atomic E-state index is 0.137. The number of unbranched alkanes of at least 4 members (excludes halogenated alkanes) is 1. The number of rotatable bonds is 7. The van der Waals surface area contributed by atoms with Gasteiger partial charge in [-0.1, -0.05) is 19.4 Å². The van der Waals surface area contributed by atoms with Gasteiger partial charge in [-0.2, -0.15) is 0 Å². The topological polar surface area (TPSA) is 47.6 Å². The second kappa shape index (κ2) is 6.16. The number of ether oxygens (including phenoxy) is 2. The number of hydrogen-bond acceptors (Lipinski definition) is 3. The van der Waals surface area contributed by atoms with Crippen LogP contribution in [0.1, 0.15) is 38.2 Å². The molecular formula is C16H23NO3. The summed E-state index contributed by atoms with van der Waals surface area (Å²) in [6.45, 7) is 2.87. The summed E-state index contributed by atoms with van der Waals surface area (Å²) in [6.07, 6.45) is 3.91. The van der Waals surface area contributed by atoms with Crippen molar-refractivity contribution in [3.8, 4) is 11.5 Å². The van der Waals surface area contributed by atoms with E-state index in [-0.39, 0.29) is 11.3 Å². The predicted molar refractivity (Wildman–Crippen MR) is 78.4 cm³/mol. The van der Waals surface area contributed by atoms with Crippen molar-refractivity contribution in [2.45, 2.75) is 38.0 Å². The van der Waals surface area contributed by atoms with Gasteiger partial charge >= 0.3 is 0 Å². The van der Waals surface area contributed by atoms with Crippen molar-refractivity contribution in [2.75, 3.05) is 20.8 Å². The Morgan fingerprint density at radius 1 is 1.25 bits per heavy atom. The van der Waals surface area contributed by atoms with E-state index in [0.717, 1.165) is 37.8 Å². The first kappa shape index (κ1) is 14.7. The van der Waals surface area contributed by atoms with Crippen molar-refractivity contribution in [1.29, 1.82) is 0 Å². The van der Waals surface area contributed by atoms with Gasteiger partial charge in [0.25, 0.3) is 0 Å². The normalized spacial score (nSPS) is 15.6. The third-order valence-electron chi connectivity index (χ3n) is 3.94. The van der Waals surface area contributed by atoms with E-state index in [2.05, 4.69) is 12.2 Å². The van der Waals surface area contributed by atoms with Crippen molar-refractivity contribution in [2.24, 2.45) is 0 Å². The number of carbonyl (C=O) groups is 1. The molecule has 110 valence electrons. The molecule has 0 bridgehead atoms. The summed E-state index contributed by atoms with van der Waals surface area (Å²) in [7, 11) is 3.23. The molecule has 2 rings (SSSR count). The van der Waals surface area contributed by atoms with Gasteiger partial charge in [0, 0.05) is 6.54 Å². The number of benzene rings is 1. The van der Waals surface area contributed by atoms with Crippen molar-refractivity contribution in [3.63, 3.8) is 0 Å². The van der Waals surface area contributed by atoms with Crippen molar-refractivity contribution in [3.05, 3.63) is 23.8 Å². The average Bonchev–Trinajstić information content (AvgIpc) is 3.28. The Labute approximate surface area is 120 Å². The minimum Gasteiger partial charge on any atom is -0.493 e. The zero-order valence-corrected chi connectivity index (χ0v) is 12.5. The standard InChI is InChI=1S/C16H23NO3/c1-4-5-10-17-15(18)16(8-9-16)12-6-7-13(19-2)14(11-12)20-3/h6-7,11H,4-5,8-10H2,1-3H3,(H,17,18). The van der Waals surface area contributed by atoms with Gasteiger partial charge < -0.3 is 14.8 Å². The maximum atomic E-state index is 12.4. The lowest BCUT2D eigenvalue weighted by Gasteiger charge is -2.17. The maximum absolute atomic E-state index is 12.4. The molecule has 0 atom stereocenters. The number of carbonyl (C=O) groups excluding carboxylic acids is 1. The Kier molecular flexibility index (Phi) is 4.53. The van der Waals surface area contributed by atoms with E-state index in [1.807, 2.05) is 18.2 Å². The van der Waals surface area contributed by atoms with Crippen LogP contribution in [0.25, 0.3) is 0 Å². The summed E-state index contributed by atoms with van der Waals surface area (Å²) < 4.78 is 10.6. The molecule has 0 spiro atoms. The van der Waals surface area contributed by atoms with Crippen molar-refractivity contribution in [1.82, 2.24) is 5.32 Å². The molecule has 0 radical (unpaired) electrons. The summed E-state index contributed by atoms with van der Waals surface area (Å²) in [4.78, 5) is 12.4. The third-order valence-corrected chi connectivity index (χ3v) is 3.94. The van der Waals surface area contributed by atoms with Crippen LogP contribution in [0, 0.1) is 0 Å². The van der Waals surface area contributed by atoms with E-state index in [1.165, 1.54) is 0 Å². The summed E-state index contributed by atoms with van der Waals surface area (Å²) >= 11 is 0. The fourth-order valence-electron chi connectivity index (χ4n) is 2.45. The molecule has 1 aliphatic carbocycles. The van der Waals surface area contributed by atoms with Gasteiger partial charge in [0.1, 0.15) is 0 Å². The summed E-state index contributed by atoms with van der Waals surface area (Å²) in [5.74, 6) is 1.51. The molecule has 1 amide bonds. The number of hydrogen-bond donors (Lipinski definition) is 1. The molecule has 1 aromatic carbocycles. The fourth-order valence-corrected chi connectivity index (χ4v) is 2.45. The molecule has 0 aliphatic heterocycles. The number of amides is 1. The van der Waals surface area contributed by atoms with Crippen LogP contribution in [0.5, 0.6) is 11.5 Å². The van der Waals surface area contributed by atoms with Gasteiger partial charge in [-0.3, -0.25) is 4.79 Å². The van der Waals surface area contributed by atoms with Gasteiger partial charge in [-0.15, -0.1) is 0 Å². The largest absolute Gasteiger partial charge is 0.493 e. The van der Waals surface area contributed by atoms with Gasteiger partial charge in [0.15, 0.2) is 11.5 Å². The molecule has 1 aliphatic rings. The SMILES string of the molecule is CCCCNC(=O)C1(c2ccc(OC)c(OC)c2)CC1. The first-order valence-corrected chi connectivity index (χ1v) is 7.18. The lowest BCUT2D eigenvalue weighted by molar-refractivity contribution is -0.123. The van der Waals surface area contributed by atoms with E-state index in [0.29, 0.717) is 11.5 Å². The maximum Gasteiger partial charge on any atom is 0.230 e. The van der Waals surface area contributed by atoms with Gasteiger partial charge in [0.2, 0.25) is 5.91 Å². The highest BCUT2D eigenvalue weighted by Gasteiger charge is 2.51. The molecular weight excluding hydrogens is 254 g/mol. The lowest BCUT2D eigenvalue weighted by Crippen LogP contribution is -2.35. The summed E-state index contributed by atoms with van der Waals surface area (Å²) in [6, 6.07) is 5.76. The first-order valence-electron chi connectivity index (χ1n) is 7.18. The van der Waals surface area contributed by atoms with Crippen LogP contribution in [0.15, 0.2) is 18.2 Å². The third kappa shape index (κ3) is 2.74. The molecule has 0 heterocycles. The van der Waals surface area contributed by atoms with Crippen molar-refractivity contribution >= 4 is 5.91 Å². The van der Waals surface area contributed by atoms with E-state index in [1.54, 1.807) is 14.2 Å². The molecule has 0 saturated heterocycles. The zero-order chi connectivity index (χ0) is 14.6. The Hall–Kier alpha value is -1.71. The van der Waals surface area contributed by atoms with Gasteiger partial charge in [0.05, 0.1) is 19.6 Å². The van der Waals surface area contributed by atoms with Crippen LogP contribution in [-0.2, 0) is 10.2 Å².